The Kier molecular flexibility index (Phi) is 13.0. The maximum Gasteiger partial charge on any atom is 0.252 e. The summed E-state index contributed by atoms with van der Waals surface area (Å²) in [6.45, 7) is 6.83. The number of rotatable bonds is 10. The molecule has 9 heteroatoms. The molecule has 0 unspecified atom stereocenters. The Hall–Kier alpha value is -11.8. The highest BCUT2D eigenvalue weighted by Gasteiger charge is 2.43. The summed E-state index contributed by atoms with van der Waals surface area (Å²) in [4.78, 5) is 32.0. The van der Waals surface area contributed by atoms with Crippen molar-refractivity contribution < 1.29 is 0 Å². The lowest BCUT2D eigenvalue weighted by atomic mass is 9.33. The number of anilines is 6. The molecule has 92 heavy (non-hydrogen) atoms. The molecule has 2 aliphatic heterocycles. The van der Waals surface area contributed by atoms with Gasteiger partial charge in [0.25, 0.3) is 6.71 Å². The standard InChI is InChI=1S/C83H59BN8/c1-83(2,3)61-46-48-72-65(52-61)64-35-19-22-38-71(64)92(72)73-47-45-59(81-85-69(55-25-9-4-10-26-55)53-70(86-81)56-27-11-5-12-28-56)49-66(73)82-88-79(57-29-13-6-14-30-57)87-80(89-82)58-43-41-54(42-44-58)60-50-76-78-77(51-60)91(63-33-17-8-18-34-63)75-40-24-21-37-68(75)84(78)67-36-20-23-39-74(67)90(76)62-31-15-7-16-32-62/h4-53H,1-3H3. The molecule has 0 saturated heterocycles. The summed E-state index contributed by atoms with van der Waals surface area (Å²) in [5, 5.41) is 2.34. The van der Waals surface area contributed by atoms with E-state index in [9.17, 15) is 0 Å². The van der Waals surface area contributed by atoms with Crippen LogP contribution in [0.3, 0.4) is 0 Å². The molecule has 8 nitrogen and oxygen atoms in total. The van der Waals surface area contributed by atoms with Gasteiger partial charge < -0.3 is 14.4 Å². The summed E-state index contributed by atoms with van der Waals surface area (Å²) in [5.74, 6) is 2.20. The third-order valence-corrected chi connectivity index (χ3v) is 18.2. The first-order chi connectivity index (χ1) is 45.3. The zero-order chi connectivity index (χ0) is 61.4. The van der Waals surface area contributed by atoms with E-state index < -0.39 is 0 Å². The summed E-state index contributed by atoms with van der Waals surface area (Å²) in [6.07, 6.45) is 0. The molecule has 2 aliphatic rings. The fraction of sp³-hybridized carbons (Fsp3) is 0.0482. The first-order valence-corrected chi connectivity index (χ1v) is 31.4. The van der Waals surface area contributed by atoms with Gasteiger partial charge in [0, 0.05) is 78.3 Å². The van der Waals surface area contributed by atoms with Crippen molar-refractivity contribution in [3.63, 3.8) is 0 Å². The van der Waals surface area contributed by atoms with E-state index in [-0.39, 0.29) is 12.1 Å². The van der Waals surface area contributed by atoms with Crippen molar-refractivity contribution >= 4 is 79.0 Å². The molecule has 434 valence electrons. The Labute approximate surface area is 535 Å². The topological polar surface area (TPSA) is 75.9 Å². The van der Waals surface area contributed by atoms with Crippen LogP contribution in [-0.2, 0) is 5.41 Å². The maximum absolute atomic E-state index is 5.58. The number of nitrogens with zero attached hydrogens (tertiary/aromatic N) is 8. The van der Waals surface area contributed by atoms with Gasteiger partial charge in [-0.05, 0) is 129 Å². The molecule has 0 amide bonds. The van der Waals surface area contributed by atoms with Gasteiger partial charge in [-0.1, -0.05) is 233 Å². The number of para-hydroxylation sites is 5. The van der Waals surface area contributed by atoms with E-state index in [4.69, 9.17) is 24.9 Å². The minimum absolute atomic E-state index is 0.0110. The highest BCUT2D eigenvalue weighted by atomic mass is 15.2. The van der Waals surface area contributed by atoms with Gasteiger partial charge >= 0.3 is 0 Å². The van der Waals surface area contributed by atoms with Gasteiger partial charge in [-0.25, -0.2) is 24.9 Å². The molecule has 0 radical (unpaired) electrons. The van der Waals surface area contributed by atoms with Gasteiger partial charge in [0.15, 0.2) is 23.3 Å². The molecule has 3 aromatic heterocycles. The predicted octanol–water partition coefficient (Wildman–Crippen LogP) is 18.8. The Morgan fingerprint density at radius 2 is 0.739 bits per heavy atom. The number of fused-ring (bicyclic) bond motifs is 7. The van der Waals surface area contributed by atoms with E-state index in [0.29, 0.717) is 23.3 Å². The highest BCUT2D eigenvalue weighted by Crippen LogP contribution is 2.47. The first-order valence-electron chi connectivity index (χ1n) is 31.4. The third-order valence-electron chi connectivity index (χ3n) is 18.2. The van der Waals surface area contributed by atoms with Crippen molar-refractivity contribution in [3.05, 3.63) is 309 Å². The predicted molar refractivity (Wildman–Crippen MR) is 381 cm³/mol. The minimum atomic E-state index is -0.0580. The van der Waals surface area contributed by atoms with E-state index in [1.165, 1.54) is 38.7 Å². The SMILES string of the molecule is CC(C)(C)c1ccc2c(c1)c1ccccc1n2-c1ccc(-c2nc(-c3ccccc3)cc(-c3ccccc3)n2)cc1-c1nc(-c2ccccc2)nc(-c2ccc(-c3cc4c5c(c3)N(c3ccccc3)c3ccccc3B5c3ccccc3N4c3ccccc3)cc2)n1. The lowest BCUT2D eigenvalue weighted by molar-refractivity contribution is 0.591. The van der Waals surface area contributed by atoms with Crippen molar-refractivity contribution in [2.75, 3.05) is 9.80 Å². The third kappa shape index (κ3) is 9.35. The van der Waals surface area contributed by atoms with E-state index in [1.54, 1.807) is 0 Å². The average Bonchev–Trinajstić information content (AvgIpc) is 0.882. The highest BCUT2D eigenvalue weighted by molar-refractivity contribution is 7.00. The second-order valence-electron chi connectivity index (χ2n) is 24.8. The summed E-state index contributed by atoms with van der Waals surface area (Å²) >= 11 is 0. The molecule has 0 aliphatic carbocycles. The van der Waals surface area contributed by atoms with E-state index in [2.05, 4.69) is 308 Å². The second kappa shape index (κ2) is 22.0. The number of benzene rings is 12. The fourth-order valence-corrected chi connectivity index (χ4v) is 13.8. The molecule has 0 bridgehead atoms. The number of aromatic nitrogens is 6. The smallest absolute Gasteiger partial charge is 0.252 e. The molecular formula is C83H59BN8. The molecule has 0 fully saturated rings. The van der Waals surface area contributed by atoms with E-state index >= 15 is 0 Å². The van der Waals surface area contributed by atoms with Crippen LogP contribution in [-0.4, -0.2) is 36.2 Å². The molecule has 17 rings (SSSR count). The van der Waals surface area contributed by atoms with Crippen LogP contribution in [0.5, 0.6) is 0 Å². The summed E-state index contributed by atoms with van der Waals surface area (Å²) in [5.41, 5.74) is 24.1. The minimum Gasteiger partial charge on any atom is -0.311 e. The Morgan fingerprint density at radius 1 is 0.293 bits per heavy atom. The zero-order valence-electron chi connectivity index (χ0n) is 51.0. The largest absolute Gasteiger partial charge is 0.311 e. The average molecular weight is 1180 g/mol. The monoisotopic (exact) mass is 1180 g/mol. The van der Waals surface area contributed by atoms with Crippen molar-refractivity contribution in [3.8, 4) is 84.9 Å². The van der Waals surface area contributed by atoms with Crippen LogP contribution in [0.1, 0.15) is 26.3 Å². The van der Waals surface area contributed by atoms with Crippen molar-refractivity contribution in [2.24, 2.45) is 0 Å². The summed E-state index contributed by atoms with van der Waals surface area (Å²) < 4.78 is 2.37. The normalized spacial score (nSPS) is 12.4. The molecule has 0 saturated carbocycles. The molecule has 5 heterocycles. The molecular weight excluding hydrogens is 1120 g/mol. The van der Waals surface area contributed by atoms with Crippen molar-refractivity contribution in [1.29, 1.82) is 0 Å². The van der Waals surface area contributed by atoms with Gasteiger partial charge in [0.2, 0.25) is 0 Å². The Bertz CT molecular complexity index is 5150. The Balaban J connectivity index is 0.866. The fourth-order valence-electron chi connectivity index (χ4n) is 13.8. The van der Waals surface area contributed by atoms with Crippen LogP contribution in [0, 0.1) is 0 Å². The second-order valence-corrected chi connectivity index (χ2v) is 24.8. The maximum atomic E-state index is 5.58. The van der Waals surface area contributed by atoms with Gasteiger partial charge in [0.1, 0.15) is 0 Å². The van der Waals surface area contributed by atoms with Crippen molar-refractivity contribution in [2.45, 2.75) is 26.2 Å². The van der Waals surface area contributed by atoms with Crippen LogP contribution in [0.2, 0.25) is 0 Å². The van der Waals surface area contributed by atoms with Crippen LogP contribution >= 0.6 is 0 Å². The van der Waals surface area contributed by atoms with Crippen LogP contribution < -0.4 is 26.2 Å². The zero-order valence-corrected chi connectivity index (χ0v) is 51.0. The van der Waals surface area contributed by atoms with Crippen LogP contribution in [0.25, 0.3) is 107 Å². The first kappa shape index (κ1) is 54.4. The van der Waals surface area contributed by atoms with Crippen LogP contribution in [0.4, 0.5) is 34.1 Å². The molecule has 12 aromatic carbocycles. The summed E-state index contributed by atoms with van der Waals surface area (Å²) in [6, 6.07) is 108. The van der Waals surface area contributed by atoms with Crippen molar-refractivity contribution in [1.82, 2.24) is 29.5 Å². The molecule has 0 spiro atoms. The molecule has 0 N–H and O–H groups in total. The van der Waals surface area contributed by atoms with Gasteiger partial charge in [0.05, 0.1) is 28.1 Å². The van der Waals surface area contributed by atoms with E-state index in [1.807, 2.05) is 30.3 Å². The Morgan fingerprint density at radius 3 is 1.30 bits per heavy atom. The van der Waals surface area contributed by atoms with E-state index in [0.717, 1.165) is 101 Å². The van der Waals surface area contributed by atoms with Gasteiger partial charge in [-0.15, -0.1) is 0 Å². The number of hydrogen-bond donors (Lipinski definition) is 0. The lowest BCUT2D eigenvalue weighted by Gasteiger charge is -2.44. The quantitative estimate of drug-likeness (QED) is 0.126. The lowest BCUT2D eigenvalue weighted by Crippen LogP contribution is -2.61. The van der Waals surface area contributed by atoms with Gasteiger partial charge in [-0.2, -0.15) is 0 Å². The summed E-state index contributed by atoms with van der Waals surface area (Å²) in [7, 11) is 0. The molecule has 15 aromatic rings. The number of hydrogen-bond acceptors (Lipinski definition) is 7. The van der Waals surface area contributed by atoms with Crippen LogP contribution in [0.15, 0.2) is 303 Å². The van der Waals surface area contributed by atoms with Gasteiger partial charge in [-0.3, -0.25) is 0 Å². The molecule has 0 atom stereocenters.